The van der Waals surface area contributed by atoms with Crippen molar-refractivity contribution in [3.8, 4) is 0 Å². The Kier molecular flexibility index (Phi) is 11.9. The third-order valence-electron chi connectivity index (χ3n) is 5.36. The van der Waals surface area contributed by atoms with Gasteiger partial charge in [-0.3, -0.25) is 4.18 Å². The zero-order valence-corrected chi connectivity index (χ0v) is 22.2. The molecule has 0 heterocycles. The molecule has 0 fully saturated rings. The summed E-state index contributed by atoms with van der Waals surface area (Å²) in [5.74, 6) is 0.808. The molecule has 194 valence electrons. The summed E-state index contributed by atoms with van der Waals surface area (Å²) in [5, 5.41) is 0. The topological polar surface area (TPSA) is 71.1 Å². The molecule has 3 aromatic rings. The van der Waals surface area contributed by atoms with Gasteiger partial charge < -0.3 is 14.2 Å². The first kappa shape index (κ1) is 28.4. The zero-order chi connectivity index (χ0) is 25.5. The van der Waals surface area contributed by atoms with Gasteiger partial charge in [-0.15, -0.1) is 11.8 Å². The van der Waals surface area contributed by atoms with Gasteiger partial charge in [0.05, 0.1) is 57.3 Å². The van der Waals surface area contributed by atoms with Crippen LogP contribution in [0.5, 0.6) is 0 Å². The molecule has 0 N–H and O–H groups in total. The van der Waals surface area contributed by atoms with Crippen LogP contribution < -0.4 is 0 Å². The molecule has 0 aliphatic carbocycles. The van der Waals surface area contributed by atoms with Gasteiger partial charge in [-0.2, -0.15) is 8.42 Å². The Balaban J connectivity index is 1.48. The molecule has 0 radical (unpaired) electrons. The summed E-state index contributed by atoms with van der Waals surface area (Å²) in [4.78, 5) is 0. The van der Waals surface area contributed by atoms with E-state index in [0.717, 1.165) is 12.0 Å². The molecular weight excluding hydrogens is 496 g/mol. The summed E-state index contributed by atoms with van der Waals surface area (Å²) < 4.78 is 42.6. The van der Waals surface area contributed by atoms with Gasteiger partial charge in [-0.1, -0.05) is 91.0 Å². The maximum Gasteiger partial charge on any atom is 0.264 e. The fourth-order valence-electron chi connectivity index (χ4n) is 3.81. The normalized spacial score (nSPS) is 12.0. The summed E-state index contributed by atoms with van der Waals surface area (Å²) in [6, 6.07) is 31.8. The third kappa shape index (κ3) is 9.03. The van der Waals surface area contributed by atoms with E-state index in [2.05, 4.69) is 77.0 Å². The van der Waals surface area contributed by atoms with E-state index in [1.165, 1.54) is 16.7 Å². The lowest BCUT2D eigenvalue weighted by Crippen LogP contribution is -2.26. The average Bonchev–Trinajstić information content (AvgIpc) is 2.90. The molecule has 8 heteroatoms. The first-order chi connectivity index (χ1) is 17.5. The highest BCUT2D eigenvalue weighted by atomic mass is 32.2. The Bertz CT molecular complexity index is 996. The number of rotatable bonds is 17. The molecule has 0 saturated heterocycles. The highest BCUT2D eigenvalue weighted by molar-refractivity contribution is 8.00. The minimum atomic E-state index is -3.42. The van der Waals surface area contributed by atoms with Gasteiger partial charge in [0.25, 0.3) is 10.1 Å². The molecule has 0 spiro atoms. The average molecular weight is 531 g/mol. The van der Waals surface area contributed by atoms with Crippen molar-refractivity contribution in [1.29, 1.82) is 0 Å². The van der Waals surface area contributed by atoms with Crippen LogP contribution in [0.3, 0.4) is 0 Å². The smallest absolute Gasteiger partial charge is 0.264 e. The SMILES string of the molecule is CS(=O)(=O)OCCOCCOCCOCCSC(c1ccccc1)(c1ccccc1)c1ccccc1. The van der Waals surface area contributed by atoms with Gasteiger partial charge in [0.2, 0.25) is 0 Å². The molecule has 0 aliphatic rings. The van der Waals surface area contributed by atoms with Crippen LogP contribution in [-0.4, -0.2) is 66.7 Å². The fraction of sp³-hybridized carbons (Fsp3) is 0.357. The van der Waals surface area contributed by atoms with Crippen molar-refractivity contribution in [1.82, 2.24) is 0 Å². The second-order valence-corrected chi connectivity index (χ2v) is 10.9. The lowest BCUT2D eigenvalue weighted by atomic mass is 9.84. The second kappa shape index (κ2) is 15.1. The molecule has 0 bridgehead atoms. The Morgan fingerprint density at radius 2 is 0.944 bits per heavy atom. The van der Waals surface area contributed by atoms with E-state index < -0.39 is 10.1 Å². The summed E-state index contributed by atoms with van der Waals surface area (Å²) in [6.07, 6.45) is 1.01. The first-order valence-electron chi connectivity index (χ1n) is 11.9. The maximum atomic E-state index is 10.9. The summed E-state index contributed by atoms with van der Waals surface area (Å²) in [5.41, 5.74) is 3.70. The number of thioether (sulfide) groups is 1. The minimum absolute atomic E-state index is 0.00997. The molecule has 0 amide bonds. The number of hydrogen-bond acceptors (Lipinski definition) is 7. The van der Waals surface area contributed by atoms with Crippen LogP contribution in [-0.2, 0) is 33.3 Å². The van der Waals surface area contributed by atoms with E-state index in [-0.39, 0.29) is 18.0 Å². The van der Waals surface area contributed by atoms with E-state index in [4.69, 9.17) is 14.2 Å². The third-order valence-corrected chi connectivity index (χ3v) is 7.46. The highest BCUT2D eigenvalue weighted by Crippen LogP contribution is 2.48. The van der Waals surface area contributed by atoms with Crippen LogP contribution in [0.4, 0.5) is 0 Å². The lowest BCUT2D eigenvalue weighted by molar-refractivity contribution is 0.0122. The van der Waals surface area contributed by atoms with Gasteiger partial charge >= 0.3 is 0 Å². The largest absolute Gasteiger partial charge is 0.378 e. The monoisotopic (exact) mass is 530 g/mol. The summed E-state index contributed by atoms with van der Waals surface area (Å²) in [6.45, 7) is 2.56. The van der Waals surface area contributed by atoms with E-state index in [1.54, 1.807) is 0 Å². The molecular formula is C28H34O6S2. The Hall–Kier alpha value is -2.20. The molecule has 3 rings (SSSR count). The lowest BCUT2D eigenvalue weighted by Gasteiger charge is -2.35. The van der Waals surface area contributed by atoms with Gasteiger partial charge in [0, 0.05) is 5.75 Å². The van der Waals surface area contributed by atoms with Crippen molar-refractivity contribution in [3.63, 3.8) is 0 Å². The molecule has 0 saturated carbocycles. The van der Waals surface area contributed by atoms with Crippen molar-refractivity contribution in [2.75, 3.05) is 58.3 Å². The minimum Gasteiger partial charge on any atom is -0.378 e. The van der Waals surface area contributed by atoms with E-state index in [0.29, 0.717) is 33.0 Å². The van der Waals surface area contributed by atoms with Crippen molar-refractivity contribution >= 4 is 21.9 Å². The first-order valence-corrected chi connectivity index (χ1v) is 14.7. The van der Waals surface area contributed by atoms with Crippen molar-refractivity contribution in [3.05, 3.63) is 108 Å². The Morgan fingerprint density at radius 3 is 1.33 bits per heavy atom. The predicted molar refractivity (Wildman–Crippen MR) is 145 cm³/mol. The molecule has 0 aliphatic heterocycles. The molecule has 0 aromatic heterocycles. The molecule has 3 aromatic carbocycles. The summed E-state index contributed by atoms with van der Waals surface area (Å²) in [7, 11) is -3.42. The van der Waals surface area contributed by atoms with Gasteiger partial charge in [0.15, 0.2) is 0 Å². The number of benzene rings is 3. The standard InChI is InChI=1S/C28H34O6S2/c1-36(29,30)34-22-21-32-18-17-31-19-20-33-23-24-35-28(25-11-5-2-6-12-25,26-13-7-3-8-14-26)27-15-9-4-10-16-27/h2-16H,17-24H2,1H3. The predicted octanol–water partition coefficient (Wildman–Crippen LogP) is 4.74. The Labute approximate surface area is 219 Å². The van der Waals surface area contributed by atoms with Crippen molar-refractivity contribution in [2.24, 2.45) is 0 Å². The Morgan fingerprint density at radius 1 is 0.583 bits per heavy atom. The van der Waals surface area contributed by atoms with Crippen LogP contribution in [0.25, 0.3) is 0 Å². The van der Waals surface area contributed by atoms with Gasteiger partial charge in [0.1, 0.15) is 0 Å². The van der Waals surface area contributed by atoms with Crippen molar-refractivity contribution < 1.29 is 26.8 Å². The maximum absolute atomic E-state index is 10.9. The van der Waals surface area contributed by atoms with Crippen molar-refractivity contribution in [2.45, 2.75) is 4.75 Å². The molecule has 0 atom stereocenters. The molecule has 0 unspecified atom stereocenters. The van der Waals surface area contributed by atoms with Crippen LogP contribution in [0.15, 0.2) is 91.0 Å². The molecule has 36 heavy (non-hydrogen) atoms. The molecule has 6 nitrogen and oxygen atoms in total. The zero-order valence-electron chi connectivity index (χ0n) is 20.6. The second-order valence-electron chi connectivity index (χ2n) is 7.99. The number of hydrogen-bond donors (Lipinski definition) is 0. The van der Waals surface area contributed by atoms with Crippen LogP contribution in [0.1, 0.15) is 16.7 Å². The van der Waals surface area contributed by atoms with Gasteiger partial charge in [-0.05, 0) is 16.7 Å². The van der Waals surface area contributed by atoms with Gasteiger partial charge in [-0.25, -0.2) is 0 Å². The van der Waals surface area contributed by atoms with E-state index in [1.807, 2.05) is 30.0 Å². The fourth-order valence-corrected chi connectivity index (χ4v) is 5.59. The van der Waals surface area contributed by atoms with E-state index in [9.17, 15) is 8.42 Å². The van der Waals surface area contributed by atoms with Crippen LogP contribution >= 0.6 is 11.8 Å². The summed E-state index contributed by atoms with van der Waals surface area (Å²) >= 11 is 1.87. The van der Waals surface area contributed by atoms with E-state index >= 15 is 0 Å². The van der Waals surface area contributed by atoms with Crippen LogP contribution in [0, 0.1) is 0 Å². The van der Waals surface area contributed by atoms with Crippen LogP contribution in [0.2, 0.25) is 0 Å². The number of ether oxygens (including phenoxy) is 3. The quantitative estimate of drug-likeness (QED) is 0.142. The highest BCUT2D eigenvalue weighted by Gasteiger charge is 2.36.